The average molecular weight is 222 g/mol. The van der Waals surface area contributed by atoms with Gasteiger partial charge in [0, 0.05) is 0 Å². The van der Waals surface area contributed by atoms with Crippen molar-refractivity contribution < 1.29 is 19.7 Å². The van der Waals surface area contributed by atoms with E-state index >= 15 is 0 Å². The van der Waals surface area contributed by atoms with Crippen molar-refractivity contribution in [2.75, 3.05) is 6.61 Å². The number of carbonyl (C=O) groups is 1. The molecular formula is C12H14O4. The van der Waals surface area contributed by atoms with Crippen LogP contribution in [0.4, 0.5) is 0 Å². The SMILES string of the molecule is Cc1cc(C(=O)O)cc2c1COC[C@@]2(C)O. The van der Waals surface area contributed by atoms with Crippen LogP contribution in [0.15, 0.2) is 12.1 Å². The van der Waals surface area contributed by atoms with E-state index in [2.05, 4.69) is 0 Å². The number of fused-ring (bicyclic) bond motifs is 1. The monoisotopic (exact) mass is 222 g/mol. The number of aromatic carboxylic acids is 1. The lowest BCUT2D eigenvalue weighted by Gasteiger charge is -2.32. The van der Waals surface area contributed by atoms with Crippen LogP contribution in [0, 0.1) is 6.92 Å². The van der Waals surface area contributed by atoms with E-state index in [1.807, 2.05) is 6.92 Å². The van der Waals surface area contributed by atoms with E-state index in [-0.39, 0.29) is 12.2 Å². The summed E-state index contributed by atoms with van der Waals surface area (Å²) in [5.74, 6) is -0.979. The van der Waals surface area contributed by atoms with Crippen LogP contribution in [0.2, 0.25) is 0 Å². The summed E-state index contributed by atoms with van der Waals surface area (Å²) < 4.78 is 5.29. The number of carboxylic acid groups (broad SMARTS) is 1. The van der Waals surface area contributed by atoms with Crippen LogP contribution >= 0.6 is 0 Å². The highest BCUT2D eigenvalue weighted by atomic mass is 16.5. The van der Waals surface area contributed by atoms with Gasteiger partial charge >= 0.3 is 5.97 Å². The van der Waals surface area contributed by atoms with E-state index in [0.717, 1.165) is 11.1 Å². The van der Waals surface area contributed by atoms with E-state index in [1.165, 1.54) is 6.07 Å². The van der Waals surface area contributed by atoms with Crippen molar-refractivity contribution in [2.45, 2.75) is 26.1 Å². The zero-order valence-electron chi connectivity index (χ0n) is 9.28. The topological polar surface area (TPSA) is 66.8 Å². The molecule has 4 nitrogen and oxygen atoms in total. The fourth-order valence-electron chi connectivity index (χ4n) is 2.04. The third kappa shape index (κ3) is 1.70. The van der Waals surface area contributed by atoms with Gasteiger partial charge in [-0.05, 0) is 42.7 Å². The molecular weight excluding hydrogens is 208 g/mol. The predicted molar refractivity (Wildman–Crippen MR) is 57.4 cm³/mol. The molecule has 86 valence electrons. The first-order valence-electron chi connectivity index (χ1n) is 5.09. The second-order valence-electron chi connectivity index (χ2n) is 4.39. The number of benzene rings is 1. The summed E-state index contributed by atoms with van der Waals surface area (Å²) in [4.78, 5) is 10.9. The molecule has 0 aliphatic carbocycles. The number of carboxylic acids is 1. The summed E-state index contributed by atoms with van der Waals surface area (Å²) in [5, 5.41) is 19.1. The molecule has 1 aromatic rings. The van der Waals surface area contributed by atoms with Gasteiger partial charge in [-0.1, -0.05) is 0 Å². The Morgan fingerprint density at radius 1 is 1.50 bits per heavy atom. The van der Waals surface area contributed by atoms with Gasteiger partial charge in [-0.25, -0.2) is 4.79 Å². The Kier molecular flexibility index (Phi) is 2.48. The Balaban J connectivity index is 2.64. The van der Waals surface area contributed by atoms with Crippen molar-refractivity contribution in [3.63, 3.8) is 0 Å². The van der Waals surface area contributed by atoms with Crippen LogP contribution in [0.1, 0.15) is 34.0 Å². The summed E-state index contributed by atoms with van der Waals surface area (Å²) in [6.07, 6.45) is 0. The lowest BCUT2D eigenvalue weighted by Crippen LogP contribution is -2.34. The molecule has 16 heavy (non-hydrogen) atoms. The zero-order valence-corrected chi connectivity index (χ0v) is 9.28. The van der Waals surface area contributed by atoms with Gasteiger partial charge in [0.15, 0.2) is 0 Å². The quantitative estimate of drug-likeness (QED) is 0.754. The number of hydrogen-bond acceptors (Lipinski definition) is 3. The highest BCUT2D eigenvalue weighted by molar-refractivity contribution is 5.88. The molecule has 0 saturated heterocycles. The maximum atomic E-state index is 10.9. The van der Waals surface area contributed by atoms with Crippen LogP contribution in [-0.4, -0.2) is 22.8 Å². The molecule has 0 fully saturated rings. The first-order valence-corrected chi connectivity index (χ1v) is 5.09. The van der Waals surface area contributed by atoms with Gasteiger partial charge in [0.1, 0.15) is 5.60 Å². The van der Waals surface area contributed by atoms with Crippen LogP contribution in [-0.2, 0) is 16.9 Å². The van der Waals surface area contributed by atoms with E-state index in [1.54, 1.807) is 13.0 Å². The lowest BCUT2D eigenvalue weighted by atomic mass is 9.86. The number of aryl methyl sites for hydroxylation is 1. The van der Waals surface area contributed by atoms with Crippen molar-refractivity contribution in [1.82, 2.24) is 0 Å². The van der Waals surface area contributed by atoms with Crippen molar-refractivity contribution >= 4 is 5.97 Å². The van der Waals surface area contributed by atoms with Crippen molar-refractivity contribution in [1.29, 1.82) is 0 Å². The van der Waals surface area contributed by atoms with Gasteiger partial charge in [0.25, 0.3) is 0 Å². The largest absolute Gasteiger partial charge is 0.478 e. The molecule has 1 atom stereocenters. The van der Waals surface area contributed by atoms with Crippen molar-refractivity contribution in [2.24, 2.45) is 0 Å². The fraction of sp³-hybridized carbons (Fsp3) is 0.417. The Morgan fingerprint density at radius 2 is 2.19 bits per heavy atom. The molecule has 0 saturated carbocycles. The molecule has 1 aliphatic heterocycles. The molecule has 0 unspecified atom stereocenters. The molecule has 0 spiro atoms. The molecule has 0 aromatic heterocycles. The Bertz CT molecular complexity index is 449. The first kappa shape index (κ1) is 11.1. The molecule has 1 aliphatic rings. The fourth-order valence-corrected chi connectivity index (χ4v) is 2.04. The van der Waals surface area contributed by atoms with E-state index < -0.39 is 11.6 Å². The van der Waals surface area contributed by atoms with Gasteiger partial charge < -0.3 is 14.9 Å². The Hall–Kier alpha value is -1.39. The van der Waals surface area contributed by atoms with Crippen LogP contribution in [0.25, 0.3) is 0 Å². The number of ether oxygens (including phenoxy) is 1. The lowest BCUT2D eigenvalue weighted by molar-refractivity contribution is -0.0605. The Labute approximate surface area is 93.5 Å². The summed E-state index contributed by atoms with van der Waals surface area (Å²) in [7, 11) is 0. The molecule has 0 amide bonds. The highest BCUT2D eigenvalue weighted by Gasteiger charge is 2.32. The number of aliphatic hydroxyl groups is 1. The maximum Gasteiger partial charge on any atom is 0.335 e. The molecule has 2 N–H and O–H groups in total. The van der Waals surface area contributed by atoms with Crippen LogP contribution in [0.3, 0.4) is 0 Å². The minimum atomic E-state index is -1.11. The second-order valence-corrected chi connectivity index (χ2v) is 4.39. The van der Waals surface area contributed by atoms with Gasteiger partial charge in [0.2, 0.25) is 0 Å². The molecule has 0 bridgehead atoms. The third-order valence-electron chi connectivity index (χ3n) is 2.93. The molecule has 4 heteroatoms. The van der Waals surface area contributed by atoms with Crippen LogP contribution in [0.5, 0.6) is 0 Å². The summed E-state index contributed by atoms with van der Waals surface area (Å²) >= 11 is 0. The van der Waals surface area contributed by atoms with Gasteiger partial charge in [-0.3, -0.25) is 0 Å². The van der Waals surface area contributed by atoms with Gasteiger partial charge in [0.05, 0.1) is 18.8 Å². The van der Waals surface area contributed by atoms with Crippen molar-refractivity contribution in [3.05, 3.63) is 34.4 Å². The average Bonchev–Trinajstić information content (AvgIpc) is 2.18. The highest BCUT2D eigenvalue weighted by Crippen LogP contribution is 2.32. The van der Waals surface area contributed by atoms with Gasteiger partial charge in [-0.15, -0.1) is 0 Å². The third-order valence-corrected chi connectivity index (χ3v) is 2.93. The van der Waals surface area contributed by atoms with Crippen LogP contribution < -0.4 is 0 Å². The van der Waals surface area contributed by atoms with Gasteiger partial charge in [-0.2, -0.15) is 0 Å². The minimum Gasteiger partial charge on any atom is -0.478 e. The summed E-state index contributed by atoms with van der Waals surface area (Å²) in [6.45, 7) is 4.09. The number of hydrogen-bond donors (Lipinski definition) is 2. The van der Waals surface area contributed by atoms with E-state index in [0.29, 0.717) is 12.2 Å². The van der Waals surface area contributed by atoms with E-state index in [9.17, 15) is 9.90 Å². The smallest absolute Gasteiger partial charge is 0.335 e. The molecule has 0 radical (unpaired) electrons. The maximum absolute atomic E-state index is 10.9. The molecule has 1 heterocycles. The normalized spacial score (nSPS) is 23.9. The Morgan fingerprint density at radius 3 is 2.81 bits per heavy atom. The first-order chi connectivity index (χ1) is 7.42. The zero-order chi connectivity index (χ0) is 11.9. The van der Waals surface area contributed by atoms with Crippen molar-refractivity contribution in [3.8, 4) is 0 Å². The van der Waals surface area contributed by atoms with E-state index in [4.69, 9.17) is 9.84 Å². The number of rotatable bonds is 1. The predicted octanol–water partition coefficient (Wildman–Crippen LogP) is 1.43. The minimum absolute atomic E-state index is 0.197. The summed E-state index contributed by atoms with van der Waals surface area (Å²) in [6, 6.07) is 3.14. The standard InChI is InChI=1S/C12H14O4/c1-7-3-8(11(13)14)4-10-9(7)5-16-6-12(10,2)15/h3-4,15H,5-6H2,1-2H3,(H,13,14)/t12-/m1/s1. The summed E-state index contributed by atoms with van der Waals surface area (Å²) in [5.41, 5.74) is 1.50. The second kappa shape index (κ2) is 3.57. The molecule has 1 aromatic carbocycles. The molecule has 2 rings (SSSR count).